The number of imide groups is 1. The van der Waals surface area contributed by atoms with E-state index in [9.17, 15) is 14.4 Å². The number of hydrogen-bond acceptors (Lipinski definition) is 4. The molecule has 1 aliphatic rings. The predicted molar refractivity (Wildman–Crippen MR) is 71.1 cm³/mol. The van der Waals surface area contributed by atoms with Gasteiger partial charge in [0.2, 0.25) is 17.7 Å². The van der Waals surface area contributed by atoms with Crippen LogP contribution >= 0.6 is 15.9 Å². The fourth-order valence-corrected chi connectivity index (χ4v) is 1.98. The summed E-state index contributed by atoms with van der Waals surface area (Å²) in [5.41, 5.74) is 0. The van der Waals surface area contributed by atoms with Crippen molar-refractivity contribution in [3.05, 3.63) is 22.8 Å². The Morgan fingerprint density at radius 3 is 2.58 bits per heavy atom. The number of pyridine rings is 1. The smallest absolute Gasteiger partial charge is 0.229 e. The molecule has 1 aromatic rings. The van der Waals surface area contributed by atoms with E-state index in [1.54, 1.807) is 18.3 Å². The SMILES string of the molecule is O=C(CCN1C(=O)CCC1=O)Nc1ccc(Br)cn1. The molecule has 0 unspecified atom stereocenters. The van der Waals surface area contributed by atoms with E-state index in [-0.39, 0.29) is 43.5 Å². The Morgan fingerprint density at radius 2 is 2.00 bits per heavy atom. The van der Waals surface area contributed by atoms with Gasteiger partial charge in [-0.15, -0.1) is 0 Å². The van der Waals surface area contributed by atoms with Gasteiger partial charge in [0.1, 0.15) is 5.82 Å². The maximum Gasteiger partial charge on any atom is 0.229 e. The second-order valence-corrected chi connectivity index (χ2v) is 5.01. The summed E-state index contributed by atoms with van der Waals surface area (Å²) in [4.78, 5) is 39.5. The topological polar surface area (TPSA) is 79.4 Å². The van der Waals surface area contributed by atoms with Gasteiger partial charge in [0.25, 0.3) is 0 Å². The van der Waals surface area contributed by atoms with Crippen LogP contribution in [0.2, 0.25) is 0 Å². The van der Waals surface area contributed by atoms with Gasteiger partial charge in [-0.2, -0.15) is 0 Å². The van der Waals surface area contributed by atoms with Crippen LogP contribution in [-0.2, 0) is 14.4 Å². The monoisotopic (exact) mass is 325 g/mol. The predicted octanol–water partition coefficient (Wildman–Crippen LogP) is 1.32. The molecule has 2 heterocycles. The van der Waals surface area contributed by atoms with E-state index < -0.39 is 0 Å². The lowest BCUT2D eigenvalue weighted by molar-refractivity contribution is -0.138. The molecule has 2 rings (SSSR count). The molecule has 0 bridgehead atoms. The first-order chi connectivity index (χ1) is 9.06. The van der Waals surface area contributed by atoms with Crippen LogP contribution in [0.25, 0.3) is 0 Å². The van der Waals surface area contributed by atoms with E-state index in [2.05, 4.69) is 26.2 Å². The summed E-state index contributed by atoms with van der Waals surface area (Å²) in [6, 6.07) is 3.42. The highest BCUT2D eigenvalue weighted by Gasteiger charge is 2.28. The normalized spacial score (nSPS) is 14.9. The van der Waals surface area contributed by atoms with Gasteiger partial charge >= 0.3 is 0 Å². The van der Waals surface area contributed by atoms with Gasteiger partial charge in [-0.3, -0.25) is 19.3 Å². The highest BCUT2D eigenvalue weighted by molar-refractivity contribution is 9.10. The molecule has 1 aromatic heterocycles. The number of carbonyl (C=O) groups excluding carboxylic acids is 3. The zero-order valence-corrected chi connectivity index (χ0v) is 11.6. The molecule has 1 aliphatic heterocycles. The van der Waals surface area contributed by atoms with Crippen LogP contribution < -0.4 is 5.32 Å². The third kappa shape index (κ3) is 3.60. The molecule has 1 saturated heterocycles. The second-order valence-electron chi connectivity index (χ2n) is 4.10. The largest absolute Gasteiger partial charge is 0.311 e. The number of rotatable bonds is 4. The number of amides is 3. The minimum Gasteiger partial charge on any atom is -0.311 e. The molecular weight excluding hydrogens is 314 g/mol. The van der Waals surface area contributed by atoms with Crippen LogP contribution in [0.4, 0.5) is 5.82 Å². The molecule has 0 radical (unpaired) electrons. The molecule has 1 fully saturated rings. The number of nitrogens with one attached hydrogen (secondary N) is 1. The summed E-state index contributed by atoms with van der Waals surface area (Å²) in [6.45, 7) is 0.125. The molecule has 0 saturated carbocycles. The van der Waals surface area contributed by atoms with Crippen molar-refractivity contribution in [1.82, 2.24) is 9.88 Å². The average molecular weight is 326 g/mol. The summed E-state index contributed by atoms with van der Waals surface area (Å²) < 4.78 is 0.818. The number of aromatic nitrogens is 1. The number of nitrogens with zero attached hydrogens (tertiary/aromatic N) is 2. The van der Waals surface area contributed by atoms with Crippen molar-refractivity contribution in [2.24, 2.45) is 0 Å². The summed E-state index contributed by atoms with van der Waals surface area (Å²) in [6.07, 6.45) is 2.14. The van der Waals surface area contributed by atoms with Gasteiger partial charge in [-0.05, 0) is 28.1 Å². The van der Waals surface area contributed by atoms with Gasteiger partial charge in [-0.1, -0.05) is 0 Å². The average Bonchev–Trinajstić information content (AvgIpc) is 2.70. The Balaban J connectivity index is 1.83. The van der Waals surface area contributed by atoms with E-state index in [0.717, 1.165) is 9.37 Å². The minimum absolute atomic E-state index is 0.0786. The number of halogens is 1. The van der Waals surface area contributed by atoms with E-state index in [1.165, 1.54) is 0 Å². The number of likely N-dealkylation sites (tertiary alicyclic amines) is 1. The van der Waals surface area contributed by atoms with Gasteiger partial charge in [0.15, 0.2) is 0 Å². The standard InChI is InChI=1S/C12H12BrN3O3/c13-8-1-2-9(14-7-8)15-10(17)5-6-16-11(18)3-4-12(16)19/h1-2,7H,3-6H2,(H,14,15,17). The Hall–Kier alpha value is -1.76. The third-order valence-corrected chi connectivity index (χ3v) is 3.18. The first-order valence-electron chi connectivity index (χ1n) is 5.81. The zero-order valence-electron chi connectivity index (χ0n) is 10.1. The van der Waals surface area contributed by atoms with Crippen LogP contribution in [0.5, 0.6) is 0 Å². The number of hydrogen-bond donors (Lipinski definition) is 1. The fourth-order valence-electron chi connectivity index (χ4n) is 1.74. The lowest BCUT2D eigenvalue weighted by atomic mass is 10.3. The third-order valence-electron chi connectivity index (χ3n) is 2.71. The van der Waals surface area contributed by atoms with Crippen molar-refractivity contribution in [1.29, 1.82) is 0 Å². The molecule has 0 spiro atoms. The number of carbonyl (C=O) groups is 3. The molecule has 0 aromatic carbocycles. The molecular formula is C12H12BrN3O3. The Kier molecular flexibility index (Phi) is 4.26. The Morgan fingerprint density at radius 1 is 1.32 bits per heavy atom. The Bertz CT molecular complexity index is 499. The second kappa shape index (κ2) is 5.92. The minimum atomic E-state index is -0.276. The molecule has 19 heavy (non-hydrogen) atoms. The van der Waals surface area contributed by atoms with E-state index in [4.69, 9.17) is 0 Å². The molecule has 1 N–H and O–H groups in total. The highest BCUT2D eigenvalue weighted by atomic mass is 79.9. The van der Waals surface area contributed by atoms with E-state index in [0.29, 0.717) is 5.82 Å². The van der Waals surface area contributed by atoms with Crippen molar-refractivity contribution in [3.8, 4) is 0 Å². The molecule has 3 amide bonds. The fraction of sp³-hybridized carbons (Fsp3) is 0.333. The molecule has 0 aliphatic carbocycles. The van der Waals surface area contributed by atoms with Crippen LogP contribution in [0.1, 0.15) is 19.3 Å². The van der Waals surface area contributed by atoms with Crippen molar-refractivity contribution in [2.45, 2.75) is 19.3 Å². The molecule has 0 atom stereocenters. The van der Waals surface area contributed by atoms with Crippen LogP contribution in [0.15, 0.2) is 22.8 Å². The van der Waals surface area contributed by atoms with Crippen molar-refractivity contribution in [3.63, 3.8) is 0 Å². The van der Waals surface area contributed by atoms with Crippen LogP contribution in [0.3, 0.4) is 0 Å². The van der Waals surface area contributed by atoms with Crippen LogP contribution in [0, 0.1) is 0 Å². The van der Waals surface area contributed by atoms with Gasteiger partial charge < -0.3 is 5.32 Å². The molecule has 100 valence electrons. The van der Waals surface area contributed by atoms with Gasteiger partial charge in [-0.25, -0.2) is 4.98 Å². The van der Waals surface area contributed by atoms with Crippen molar-refractivity contribution >= 4 is 39.5 Å². The summed E-state index contributed by atoms with van der Waals surface area (Å²) in [7, 11) is 0. The first kappa shape index (κ1) is 13.7. The first-order valence-corrected chi connectivity index (χ1v) is 6.60. The van der Waals surface area contributed by atoms with Gasteiger partial charge in [0.05, 0.1) is 0 Å². The van der Waals surface area contributed by atoms with Crippen molar-refractivity contribution in [2.75, 3.05) is 11.9 Å². The van der Waals surface area contributed by atoms with Crippen molar-refractivity contribution < 1.29 is 14.4 Å². The summed E-state index contributed by atoms with van der Waals surface area (Å²) >= 11 is 3.24. The maximum absolute atomic E-state index is 11.7. The van der Waals surface area contributed by atoms with E-state index >= 15 is 0 Å². The summed E-state index contributed by atoms with van der Waals surface area (Å²) in [5.74, 6) is -0.256. The highest BCUT2D eigenvalue weighted by Crippen LogP contribution is 2.13. The Labute approximate surface area is 118 Å². The quantitative estimate of drug-likeness (QED) is 0.847. The maximum atomic E-state index is 11.7. The van der Waals surface area contributed by atoms with Crippen LogP contribution in [-0.4, -0.2) is 34.2 Å². The number of anilines is 1. The molecule has 7 heteroatoms. The summed E-state index contributed by atoms with van der Waals surface area (Å²) in [5, 5.41) is 2.60. The van der Waals surface area contributed by atoms with Gasteiger partial charge in [0, 0.05) is 36.5 Å². The lowest BCUT2D eigenvalue weighted by Crippen LogP contribution is -2.32. The molecule has 6 nitrogen and oxygen atoms in total. The zero-order chi connectivity index (χ0) is 13.8. The van der Waals surface area contributed by atoms with E-state index in [1.807, 2.05) is 0 Å². The lowest BCUT2D eigenvalue weighted by Gasteiger charge is -2.13.